The van der Waals surface area contributed by atoms with E-state index in [9.17, 15) is 17.6 Å². The molecular weight excluding hydrogens is 462 g/mol. The summed E-state index contributed by atoms with van der Waals surface area (Å²) in [6.45, 7) is 0. The summed E-state index contributed by atoms with van der Waals surface area (Å²) < 4.78 is 41.7. The Morgan fingerprint density at radius 2 is 1.62 bits per heavy atom. The van der Waals surface area contributed by atoms with Crippen molar-refractivity contribution in [1.29, 1.82) is 0 Å². The summed E-state index contributed by atoms with van der Waals surface area (Å²) in [5, 5.41) is 3.14. The molecule has 29 heavy (non-hydrogen) atoms. The second kappa shape index (κ2) is 8.59. The molecule has 0 fully saturated rings. The van der Waals surface area contributed by atoms with Crippen LogP contribution in [0.25, 0.3) is 0 Å². The number of nitrogens with one attached hydrogen (secondary N) is 2. The van der Waals surface area contributed by atoms with Crippen molar-refractivity contribution in [2.75, 3.05) is 10.0 Å². The van der Waals surface area contributed by atoms with Crippen molar-refractivity contribution in [3.63, 3.8) is 0 Å². The normalized spacial score (nSPS) is 11.2. The van der Waals surface area contributed by atoms with E-state index in [1.54, 1.807) is 12.1 Å². The van der Waals surface area contributed by atoms with E-state index in [-0.39, 0.29) is 26.9 Å². The van der Waals surface area contributed by atoms with E-state index < -0.39 is 21.7 Å². The smallest absolute Gasteiger partial charge is 0.261 e. The average Bonchev–Trinajstić information content (AvgIpc) is 2.62. The van der Waals surface area contributed by atoms with Crippen molar-refractivity contribution in [3.05, 3.63) is 87.1 Å². The Balaban J connectivity index is 1.81. The lowest BCUT2D eigenvalue weighted by molar-refractivity contribution is 0.102. The minimum atomic E-state index is -4.06. The number of halogens is 4. The number of carbonyl (C=O) groups is 1. The molecule has 1 amide bonds. The molecule has 0 heterocycles. The summed E-state index contributed by atoms with van der Waals surface area (Å²) in [6.07, 6.45) is 0. The third-order valence-corrected chi connectivity index (χ3v) is 5.91. The van der Waals surface area contributed by atoms with Crippen molar-refractivity contribution < 1.29 is 17.6 Å². The lowest BCUT2D eigenvalue weighted by Gasteiger charge is -2.11. The Morgan fingerprint density at radius 3 is 2.28 bits per heavy atom. The maximum atomic E-state index is 14.4. The van der Waals surface area contributed by atoms with Crippen LogP contribution in [0.15, 0.2) is 65.6 Å². The Morgan fingerprint density at radius 1 is 0.897 bits per heavy atom. The van der Waals surface area contributed by atoms with E-state index in [1.165, 1.54) is 30.3 Å². The first-order valence-electron chi connectivity index (χ1n) is 8.00. The van der Waals surface area contributed by atoms with Crippen LogP contribution in [0.1, 0.15) is 10.4 Å². The topological polar surface area (TPSA) is 75.3 Å². The van der Waals surface area contributed by atoms with Crippen molar-refractivity contribution >= 4 is 62.1 Å². The number of hydrogen-bond acceptors (Lipinski definition) is 3. The maximum Gasteiger partial charge on any atom is 0.261 e. The van der Waals surface area contributed by atoms with Crippen LogP contribution in [0.5, 0.6) is 0 Å². The van der Waals surface area contributed by atoms with Gasteiger partial charge in [0.1, 0.15) is 5.82 Å². The lowest BCUT2D eigenvalue weighted by Crippen LogP contribution is -2.15. The highest BCUT2D eigenvalue weighted by atomic mass is 35.5. The van der Waals surface area contributed by atoms with Gasteiger partial charge >= 0.3 is 0 Å². The number of anilines is 2. The first-order chi connectivity index (χ1) is 13.7. The molecule has 0 radical (unpaired) electrons. The van der Waals surface area contributed by atoms with Crippen LogP contribution in [0.3, 0.4) is 0 Å². The van der Waals surface area contributed by atoms with Gasteiger partial charge in [-0.15, -0.1) is 0 Å². The first kappa shape index (κ1) is 21.4. The Bertz CT molecular complexity index is 1200. The van der Waals surface area contributed by atoms with Crippen LogP contribution in [-0.2, 0) is 10.0 Å². The number of sulfonamides is 1. The van der Waals surface area contributed by atoms with E-state index in [4.69, 9.17) is 34.8 Å². The van der Waals surface area contributed by atoms with Crippen LogP contribution in [0, 0.1) is 5.82 Å². The highest BCUT2D eigenvalue weighted by Gasteiger charge is 2.18. The van der Waals surface area contributed by atoms with Crippen LogP contribution < -0.4 is 10.0 Å². The summed E-state index contributed by atoms with van der Waals surface area (Å²) in [4.78, 5) is 12.0. The molecule has 0 bridgehead atoms. The molecule has 0 aliphatic carbocycles. The third kappa shape index (κ3) is 5.19. The zero-order valence-corrected chi connectivity index (χ0v) is 17.5. The molecule has 3 aromatic rings. The van der Waals surface area contributed by atoms with Gasteiger partial charge in [0.15, 0.2) is 0 Å². The molecule has 2 N–H and O–H groups in total. The summed E-state index contributed by atoms with van der Waals surface area (Å²) in [5.74, 6) is -1.60. The van der Waals surface area contributed by atoms with Crippen molar-refractivity contribution in [1.82, 2.24) is 0 Å². The summed E-state index contributed by atoms with van der Waals surface area (Å²) in [5.41, 5.74) is 0.116. The predicted octanol–water partition coefficient (Wildman–Crippen LogP) is 5.84. The van der Waals surface area contributed by atoms with Crippen molar-refractivity contribution in [2.45, 2.75) is 4.90 Å². The fraction of sp³-hybridized carbons (Fsp3) is 0. The summed E-state index contributed by atoms with van der Waals surface area (Å²) in [6, 6.07) is 13.4. The number of benzene rings is 3. The van der Waals surface area contributed by atoms with Crippen LogP contribution in [0.4, 0.5) is 15.8 Å². The number of carbonyl (C=O) groups excluding carboxylic acids is 1. The quantitative estimate of drug-likeness (QED) is 0.489. The molecule has 150 valence electrons. The third-order valence-electron chi connectivity index (χ3n) is 3.75. The van der Waals surface area contributed by atoms with Crippen LogP contribution in [-0.4, -0.2) is 14.3 Å². The van der Waals surface area contributed by atoms with E-state index >= 15 is 0 Å². The maximum absolute atomic E-state index is 14.4. The highest BCUT2D eigenvalue weighted by molar-refractivity contribution is 7.92. The molecule has 0 spiro atoms. The molecule has 0 aromatic heterocycles. The van der Waals surface area contributed by atoms with E-state index in [1.807, 2.05) is 0 Å². The molecule has 10 heteroatoms. The Kier molecular flexibility index (Phi) is 6.33. The molecule has 3 aromatic carbocycles. The van der Waals surface area contributed by atoms with E-state index in [0.29, 0.717) is 10.0 Å². The molecule has 0 unspecified atom stereocenters. The monoisotopic (exact) mass is 472 g/mol. The van der Waals surface area contributed by atoms with Gasteiger partial charge in [0.2, 0.25) is 0 Å². The van der Waals surface area contributed by atoms with Gasteiger partial charge in [0.25, 0.3) is 15.9 Å². The van der Waals surface area contributed by atoms with Gasteiger partial charge in [0, 0.05) is 10.0 Å². The molecule has 3 rings (SSSR count). The zero-order valence-electron chi connectivity index (χ0n) is 14.4. The van der Waals surface area contributed by atoms with Gasteiger partial charge in [-0.2, -0.15) is 0 Å². The predicted molar refractivity (Wildman–Crippen MR) is 113 cm³/mol. The summed E-state index contributed by atoms with van der Waals surface area (Å²) >= 11 is 17.6. The van der Waals surface area contributed by atoms with E-state index in [0.717, 1.165) is 18.2 Å². The van der Waals surface area contributed by atoms with Gasteiger partial charge in [-0.05, 0) is 54.6 Å². The Hall–Kier alpha value is -2.32. The second-order valence-corrected chi connectivity index (χ2v) is 8.80. The molecule has 0 atom stereocenters. The largest absolute Gasteiger partial charge is 0.319 e. The molecule has 5 nitrogen and oxygen atoms in total. The highest BCUT2D eigenvalue weighted by Crippen LogP contribution is 2.25. The van der Waals surface area contributed by atoms with Crippen LogP contribution >= 0.6 is 34.8 Å². The van der Waals surface area contributed by atoms with Gasteiger partial charge in [0.05, 0.1) is 26.9 Å². The minimum absolute atomic E-state index is 0.0924. The Labute approximate surface area is 181 Å². The lowest BCUT2D eigenvalue weighted by atomic mass is 10.2. The van der Waals surface area contributed by atoms with Crippen LogP contribution in [0.2, 0.25) is 15.1 Å². The molecule has 0 aliphatic rings. The van der Waals surface area contributed by atoms with E-state index in [2.05, 4.69) is 10.0 Å². The fourth-order valence-corrected chi connectivity index (χ4v) is 4.14. The average molecular weight is 474 g/mol. The molecule has 0 saturated carbocycles. The number of rotatable bonds is 5. The van der Waals surface area contributed by atoms with Gasteiger partial charge in [-0.3, -0.25) is 9.52 Å². The zero-order chi connectivity index (χ0) is 21.2. The van der Waals surface area contributed by atoms with Crippen molar-refractivity contribution in [2.24, 2.45) is 0 Å². The molecule has 0 saturated heterocycles. The standard InChI is InChI=1S/C19H12Cl3FN2O3S/c20-11-2-1-3-13(8-11)25-29(27,28)14-5-7-18(17(23)10-14)24-19(26)15-6-4-12(21)9-16(15)22/h1-10,25H,(H,24,26). The molecular formula is C19H12Cl3FN2O3S. The number of hydrogen-bond donors (Lipinski definition) is 2. The SMILES string of the molecule is O=C(Nc1ccc(S(=O)(=O)Nc2cccc(Cl)c2)cc1F)c1ccc(Cl)cc1Cl. The van der Waals surface area contributed by atoms with Gasteiger partial charge in [-0.1, -0.05) is 40.9 Å². The fourth-order valence-electron chi connectivity index (χ4n) is 2.39. The second-order valence-electron chi connectivity index (χ2n) is 5.84. The first-order valence-corrected chi connectivity index (χ1v) is 10.6. The van der Waals surface area contributed by atoms with Gasteiger partial charge < -0.3 is 5.32 Å². The van der Waals surface area contributed by atoms with Crippen molar-refractivity contribution in [3.8, 4) is 0 Å². The van der Waals surface area contributed by atoms with Gasteiger partial charge in [-0.25, -0.2) is 12.8 Å². The summed E-state index contributed by atoms with van der Waals surface area (Å²) in [7, 11) is -4.06. The minimum Gasteiger partial charge on any atom is -0.319 e. The number of amides is 1. The molecule has 0 aliphatic heterocycles.